The van der Waals surface area contributed by atoms with E-state index in [2.05, 4.69) is 22.9 Å². The second kappa shape index (κ2) is 4.41. The van der Waals surface area contributed by atoms with Crippen molar-refractivity contribution in [3.63, 3.8) is 0 Å². The molecular formula is C11H14BrNO2. The Morgan fingerprint density at radius 2 is 2.27 bits per heavy atom. The largest absolute Gasteiger partial charge is 0.454 e. The van der Waals surface area contributed by atoms with Crippen LogP contribution in [0.2, 0.25) is 0 Å². The van der Waals surface area contributed by atoms with E-state index in [9.17, 15) is 0 Å². The average molecular weight is 272 g/mol. The van der Waals surface area contributed by atoms with Crippen LogP contribution in [0.15, 0.2) is 10.5 Å². The van der Waals surface area contributed by atoms with E-state index in [1.807, 2.05) is 6.07 Å². The molecule has 3 nitrogen and oxygen atoms in total. The Kier molecular flexibility index (Phi) is 3.17. The number of benzene rings is 1. The van der Waals surface area contributed by atoms with Gasteiger partial charge in [0.05, 0.1) is 4.47 Å². The van der Waals surface area contributed by atoms with Gasteiger partial charge in [-0.1, -0.05) is 6.92 Å². The number of nitrogens with two attached hydrogens (primary N) is 1. The maximum atomic E-state index is 5.59. The summed E-state index contributed by atoms with van der Waals surface area (Å²) in [6.07, 6.45) is 1.84. The monoisotopic (exact) mass is 271 g/mol. The number of rotatable bonds is 3. The van der Waals surface area contributed by atoms with Gasteiger partial charge in [-0.2, -0.15) is 0 Å². The van der Waals surface area contributed by atoms with E-state index in [1.165, 1.54) is 11.1 Å². The molecule has 15 heavy (non-hydrogen) atoms. The van der Waals surface area contributed by atoms with Crippen molar-refractivity contribution in [2.75, 3.05) is 13.3 Å². The molecule has 0 atom stereocenters. The first-order valence-electron chi connectivity index (χ1n) is 5.07. The van der Waals surface area contributed by atoms with Crippen LogP contribution in [-0.2, 0) is 12.8 Å². The van der Waals surface area contributed by atoms with E-state index in [1.54, 1.807) is 0 Å². The Bertz CT molecular complexity index is 379. The van der Waals surface area contributed by atoms with Gasteiger partial charge in [-0.3, -0.25) is 0 Å². The van der Waals surface area contributed by atoms with Gasteiger partial charge in [-0.15, -0.1) is 0 Å². The molecule has 0 unspecified atom stereocenters. The second-order valence-corrected chi connectivity index (χ2v) is 4.25. The lowest BCUT2D eigenvalue weighted by Crippen LogP contribution is -2.05. The molecule has 2 N–H and O–H groups in total. The van der Waals surface area contributed by atoms with E-state index < -0.39 is 0 Å². The molecule has 1 heterocycles. The summed E-state index contributed by atoms with van der Waals surface area (Å²) in [4.78, 5) is 0. The number of halogens is 1. The molecule has 0 aromatic heterocycles. The molecule has 0 spiro atoms. The minimum absolute atomic E-state index is 0.309. The summed E-state index contributed by atoms with van der Waals surface area (Å²) in [5, 5.41) is 0. The van der Waals surface area contributed by atoms with Crippen LogP contribution in [0, 0.1) is 0 Å². The minimum atomic E-state index is 0.309. The maximum Gasteiger partial charge on any atom is 0.231 e. The van der Waals surface area contributed by atoms with Crippen LogP contribution in [-0.4, -0.2) is 13.3 Å². The van der Waals surface area contributed by atoms with Gasteiger partial charge in [0.2, 0.25) is 6.79 Å². The summed E-state index contributed by atoms with van der Waals surface area (Å²) in [5.41, 5.74) is 8.11. The lowest BCUT2D eigenvalue weighted by molar-refractivity contribution is 0.173. The molecule has 0 saturated heterocycles. The highest BCUT2D eigenvalue weighted by molar-refractivity contribution is 9.10. The van der Waals surface area contributed by atoms with E-state index in [0.29, 0.717) is 13.3 Å². The van der Waals surface area contributed by atoms with Crippen molar-refractivity contribution < 1.29 is 9.47 Å². The highest BCUT2D eigenvalue weighted by Gasteiger charge is 2.21. The highest BCUT2D eigenvalue weighted by Crippen LogP contribution is 2.43. The summed E-state index contributed by atoms with van der Waals surface area (Å²) in [5.74, 6) is 1.65. The molecule has 1 aliphatic heterocycles. The van der Waals surface area contributed by atoms with E-state index >= 15 is 0 Å². The molecule has 0 amide bonds. The molecule has 1 aromatic rings. The lowest BCUT2D eigenvalue weighted by atomic mass is 10.0. The third-order valence-corrected chi connectivity index (χ3v) is 3.40. The van der Waals surface area contributed by atoms with Crippen molar-refractivity contribution in [1.82, 2.24) is 0 Å². The Balaban J connectivity index is 2.51. The van der Waals surface area contributed by atoms with E-state index in [-0.39, 0.29) is 0 Å². The highest BCUT2D eigenvalue weighted by atomic mass is 79.9. The second-order valence-electron chi connectivity index (χ2n) is 3.45. The quantitative estimate of drug-likeness (QED) is 0.917. The summed E-state index contributed by atoms with van der Waals surface area (Å²) < 4.78 is 11.8. The van der Waals surface area contributed by atoms with Crippen LogP contribution in [0.4, 0.5) is 0 Å². The molecule has 0 aliphatic carbocycles. The van der Waals surface area contributed by atoms with Crippen LogP contribution >= 0.6 is 15.9 Å². The van der Waals surface area contributed by atoms with Gasteiger partial charge in [0.1, 0.15) is 0 Å². The number of hydrogen-bond donors (Lipinski definition) is 1. The van der Waals surface area contributed by atoms with Gasteiger partial charge in [-0.05, 0) is 52.5 Å². The lowest BCUT2D eigenvalue weighted by Gasteiger charge is -2.11. The van der Waals surface area contributed by atoms with Gasteiger partial charge in [0, 0.05) is 0 Å². The maximum absolute atomic E-state index is 5.59. The molecule has 2 rings (SSSR count). The third kappa shape index (κ3) is 1.84. The zero-order valence-electron chi connectivity index (χ0n) is 8.68. The summed E-state index contributed by atoms with van der Waals surface area (Å²) in [6.45, 7) is 3.09. The van der Waals surface area contributed by atoms with Crippen molar-refractivity contribution >= 4 is 15.9 Å². The molecule has 4 heteroatoms. The zero-order chi connectivity index (χ0) is 10.8. The van der Waals surface area contributed by atoms with Crippen LogP contribution in [0.25, 0.3) is 0 Å². The van der Waals surface area contributed by atoms with E-state index in [0.717, 1.165) is 28.8 Å². The first-order chi connectivity index (χ1) is 7.27. The average Bonchev–Trinajstić information content (AvgIpc) is 2.67. The third-order valence-electron chi connectivity index (χ3n) is 2.57. The fourth-order valence-corrected chi connectivity index (χ4v) is 2.70. The summed E-state index contributed by atoms with van der Waals surface area (Å²) >= 11 is 3.57. The van der Waals surface area contributed by atoms with Gasteiger partial charge < -0.3 is 15.2 Å². The normalized spacial score (nSPS) is 13.3. The van der Waals surface area contributed by atoms with Crippen LogP contribution in [0.3, 0.4) is 0 Å². The van der Waals surface area contributed by atoms with Gasteiger partial charge in [0.25, 0.3) is 0 Å². The Hall–Kier alpha value is -0.740. The van der Waals surface area contributed by atoms with E-state index in [4.69, 9.17) is 15.2 Å². The number of hydrogen-bond acceptors (Lipinski definition) is 3. The summed E-state index contributed by atoms with van der Waals surface area (Å²) in [7, 11) is 0. The molecule has 0 bridgehead atoms. The molecule has 0 radical (unpaired) electrons. The standard InChI is InChI=1S/C11H14BrNO2/c1-2-8-7(3-4-13)5-9-11(10(8)12)15-6-14-9/h5H,2-4,6,13H2,1H3. The summed E-state index contributed by atoms with van der Waals surface area (Å²) in [6, 6.07) is 2.04. The molecule has 1 aromatic carbocycles. The molecular weight excluding hydrogens is 258 g/mol. The topological polar surface area (TPSA) is 44.5 Å². The Morgan fingerprint density at radius 3 is 2.93 bits per heavy atom. The van der Waals surface area contributed by atoms with Crippen LogP contribution in [0.5, 0.6) is 11.5 Å². The Labute approximate surface area is 97.7 Å². The van der Waals surface area contributed by atoms with Crippen LogP contribution in [0.1, 0.15) is 18.1 Å². The smallest absolute Gasteiger partial charge is 0.231 e. The van der Waals surface area contributed by atoms with Gasteiger partial charge in [0.15, 0.2) is 11.5 Å². The minimum Gasteiger partial charge on any atom is -0.454 e. The number of fused-ring (bicyclic) bond motifs is 1. The van der Waals surface area contributed by atoms with Crippen molar-refractivity contribution in [3.05, 3.63) is 21.7 Å². The first kappa shape index (κ1) is 10.8. The Morgan fingerprint density at radius 1 is 1.47 bits per heavy atom. The van der Waals surface area contributed by atoms with Crippen LogP contribution < -0.4 is 15.2 Å². The fraction of sp³-hybridized carbons (Fsp3) is 0.455. The molecule has 0 saturated carbocycles. The van der Waals surface area contributed by atoms with Crippen molar-refractivity contribution in [2.45, 2.75) is 19.8 Å². The molecule has 1 aliphatic rings. The SMILES string of the molecule is CCc1c(CCN)cc2c(c1Br)OCO2. The molecule has 0 fully saturated rings. The number of ether oxygens (including phenoxy) is 2. The van der Waals surface area contributed by atoms with Crippen molar-refractivity contribution in [2.24, 2.45) is 5.73 Å². The predicted molar refractivity (Wildman–Crippen MR) is 62.4 cm³/mol. The van der Waals surface area contributed by atoms with Crippen molar-refractivity contribution in [3.8, 4) is 11.5 Å². The van der Waals surface area contributed by atoms with Gasteiger partial charge in [-0.25, -0.2) is 0 Å². The fourth-order valence-electron chi connectivity index (χ4n) is 1.85. The van der Waals surface area contributed by atoms with Crippen molar-refractivity contribution in [1.29, 1.82) is 0 Å². The molecule has 82 valence electrons. The first-order valence-corrected chi connectivity index (χ1v) is 5.87. The zero-order valence-corrected chi connectivity index (χ0v) is 10.3. The predicted octanol–water partition coefficient (Wildman–Crippen LogP) is 2.24. The van der Waals surface area contributed by atoms with Gasteiger partial charge >= 0.3 is 0 Å².